The minimum absolute atomic E-state index is 0.0813. The first-order valence-corrected chi connectivity index (χ1v) is 10.1. The number of urea groups is 1. The number of halogens is 1. The third-order valence-corrected chi connectivity index (χ3v) is 5.34. The molecule has 1 saturated heterocycles. The molecule has 30 heavy (non-hydrogen) atoms. The van der Waals surface area contributed by atoms with Gasteiger partial charge in [-0.2, -0.15) is 0 Å². The summed E-state index contributed by atoms with van der Waals surface area (Å²) in [5.41, 5.74) is 1.39. The third-order valence-electron chi connectivity index (χ3n) is 5.08. The number of aliphatic hydroxyl groups is 1. The molecule has 3 amide bonds. The van der Waals surface area contributed by atoms with Crippen molar-refractivity contribution >= 4 is 29.2 Å². The molecule has 3 rings (SSSR count). The lowest BCUT2D eigenvalue weighted by atomic mass is 9.88. The van der Waals surface area contributed by atoms with Crippen LogP contribution >= 0.6 is 11.6 Å². The van der Waals surface area contributed by atoms with Crippen LogP contribution in [0.15, 0.2) is 42.6 Å². The van der Waals surface area contributed by atoms with Gasteiger partial charge in [0.05, 0.1) is 19.9 Å². The van der Waals surface area contributed by atoms with E-state index in [1.165, 1.54) is 0 Å². The van der Waals surface area contributed by atoms with E-state index in [4.69, 9.17) is 21.4 Å². The number of hydrogen-bond donors (Lipinski definition) is 3. The van der Waals surface area contributed by atoms with Crippen molar-refractivity contribution in [3.63, 3.8) is 0 Å². The average molecular weight is 433 g/mol. The molecule has 0 saturated carbocycles. The van der Waals surface area contributed by atoms with Crippen LogP contribution in [0.25, 0.3) is 0 Å². The number of pyridine rings is 1. The molecule has 1 aliphatic rings. The molecular formula is C21H25ClN4O4. The van der Waals surface area contributed by atoms with Crippen molar-refractivity contribution in [1.82, 2.24) is 15.2 Å². The van der Waals surface area contributed by atoms with Crippen molar-refractivity contribution in [2.24, 2.45) is 0 Å². The van der Waals surface area contributed by atoms with Gasteiger partial charge in [-0.05, 0) is 42.8 Å². The minimum atomic E-state index is -0.337. The predicted octanol–water partition coefficient (Wildman–Crippen LogP) is 2.63. The van der Waals surface area contributed by atoms with E-state index >= 15 is 0 Å². The number of aromatic nitrogens is 1. The first-order valence-electron chi connectivity index (χ1n) is 9.72. The first-order chi connectivity index (χ1) is 14.5. The van der Waals surface area contributed by atoms with Crippen LogP contribution < -0.4 is 15.4 Å². The topological polar surface area (TPSA) is 104 Å². The fraction of sp³-hybridized carbons (Fsp3) is 0.381. The Bertz CT molecular complexity index is 860. The standard InChI is InChI=1S/C21H25ClN4O4/c1-30-16-6-7-18(23-12-16)17-13-26(20(28)9-11-27)10-8-19(17)25-21(29)24-15-4-2-14(22)3-5-15/h2-7,12,17,19,27H,8-11,13H2,1H3,(H2,24,25,29). The van der Waals surface area contributed by atoms with Crippen molar-refractivity contribution in [1.29, 1.82) is 0 Å². The van der Waals surface area contributed by atoms with E-state index in [-0.39, 0.29) is 36.9 Å². The van der Waals surface area contributed by atoms with Crippen LogP contribution in [0.5, 0.6) is 5.75 Å². The maximum Gasteiger partial charge on any atom is 0.319 e. The highest BCUT2D eigenvalue weighted by molar-refractivity contribution is 6.30. The number of methoxy groups -OCH3 is 1. The number of aliphatic hydroxyl groups excluding tert-OH is 1. The molecule has 0 aliphatic carbocycles. The van der Waals surface area contributed by atoms with Crippen molar-refractivity contribution < 1.29 is 19.4 Å². The molecule has 2 aromatic rings. The molecule has 2 atom stereocenters. The van der Waals surface area contributed by atoms with Gasteiger partial charge in [0.1, 0.15) is 5.75 Å². The number of ether oxygens (including phenoxy) is 1. The molecule has 0 spiro atoms. The Hall–Kier alpha value is -2.84. The Labute approximate surface area is 180 Å². The number of carbonyl (C=O) groups is 2. The maximum atomic E-state index is 12.6. The number of piperidine rings is 1. The lowest BCUT2D eigenvalue weighted by molar-refractivity contribution is -0.133. The zero-order valence-electron chi connectivity index (χ0n) is 16.7. The number of likely N-dealkylation sites (tertiary alicyclic amines) is 1. The Morgan fingerprint density at radius 1 is 1.27 bits per heavy atom. The van der Waals surface area contributed by atoms with Crippen LogP contribution in [0, 0.1) is 0 Å². The van der Waals surface area contributed by atoms with Crippen molar-refractivity contribution in [3.8, 4) is 5.75 Å². The average Bonchev–Trinajstić information content (AvgIpc) is 2.76. The molecule has 2 heterocycles. The van der Waals surface area contributed by atoms with E-state index in [9.17, 15) is 9.59 Å². The second-order valence-electron chi connectivity index (χ2n) is 7.04. The van der Waals surface area contributed by atoms with E-state index in [1.54, 1.807) is 42.5 Å². The maximum absolute atomic E-state index is 12.6. The van der Waals surface area contributed by atoms with Gasteiger partial charge in [0.25, 0.3) is 0 Å². The highest BCUT2D eigenvalue weighted by Gasteiger charge is 2.34. The minimum Gasteiger partial charge on any atom is -0.495 e. The number of carbonyl (C=O) groups excluding carboxylic acids is 2. The van der Waals surface area contributed by atoms with Gasteiger partial charge in [0, 0.05) is 47.9 Å². The summed E-state index contributed by atoms with van der Waals surface area (Å²) in [7, 11) is 1.57. The van der Waals surface area contributed by atoms with Crippen LogP contribution in [-0.4, -0.2) is 59.8 Å². The number of nitrogens with zero attached hydrogens (tertiary/aromatic N) is 2. The zero-order valence-corrected chi connectivity index (χ0v) is 17.4. The zero-order chi connectivity index (χ0) is 21.5. The van der Waals surface area contributed by atoms with Crippen LogP contribution in [0.2, 0.25) is 5.02 Å². The number of nitrogens with one attached hydrogen (secondary N) is 2. The molecular weight excluding hydrogens is 408 g/mol. The molecule has 1 fully saturated rings. The van der Waals surface area contributed by atoms with E-state index in [2.05, 4.69) is 15.6 Å². The van der Waals surface area contributed by atoms with E-state index in [0.717, 1.165) is 5.69 Å². The lowest BCUT2D eigenvalue weighted by Gasteiger charge is -2.38. The third kappa shape index (κ3) is 5.61. The normalized spacial score (nSPS) is 18.6. The van der Waals surface area contributed by atoms with E-state index in [0.29, 0.717) is 36.0 Å². The largest absolute Gasteiger partial charge is 0.495 e. The van der Waals surface area contributed by atoms with Gasteiger partial charge in [-0.3, -0.25) is 9.78 Å². The fourth-order valence-electron chi connectivity index (χ4n) is 3.51. The van der Waals surface area contributed by atoms with Gasteiger partial charge in [0.2, 0.25) is 5.91 Å². The summed E-state index contributed by atoms with van der Waals surface area (Å²) in [5, 5.41) is 15.5. The summed E-state index contributed by atoms with van der Waals surface area (Å²) in [6, 6.07) is 9.95. The van der Waals surface area contributed by atoms with Gasteiger partial charge in [0.15, 0.2) is 0 Å². The van der Waals surface area contributed by atoms with Crippen molar-refractivity contribution in [3.05, 3.63) is 53.3 Å². The number of amides is 3. The van der Waals surface area contributed by atoms with Gasteiger partial charge in [-0.15, -0.1) is 0 Å². The molecule has 8 nitrogen and oxygen atoms in total. The summed E-state index contributed by atoms with van der Waals surface area (Å²) >= 11 is 5.88. The summed E-state index contributed by atoms with van der Waals surface area (Å²) in [6.07, 6.45) is 2.27. The van der Waals surface area contributed by atoms with Crippen LogP contribution in [-0.2, 0) is 4.79 Å². The molecule has 1 aliphatic heterocycles. The van der Waals surface area contributed by atoms with E-state index < -0.39 is 0 Å². The summed E-state index contributed by atoms with van der Waals surface area (Å²) in [5.74, 6) is 0.330. The van der Waals surface area contributed by atoms with Gasteiger partial charge >= 0.3 is 6.03 Å². The Morgan fingerprint density at radius 3 is 2.67 bits per heavy atom. The molecule has 0 radical (unpaired) electrons. The van der Waals surface area contributed by atoms with Gasteiger partial charge in [-0.1, -0.05) is 11.6 Å². The first kappa shape index (κ1) is 21.9. The lowest BCUT2D eigenvalue weighted by Crippen LogP contribution is -2.52. The summed E-state index contributed by atoms with van der Waals surface area (Å²) < 4.78 is 5.17. The Balaban J connectivity index is 1.73. The summed E-state index contributed by atoms with van der Waals surface area (Å²) in [4.78, 5) is 31.0. The smallest absolute Gasteiger partial charge is 0.319 e. The molecule has 9 heteroatoms. The number of hydrogen-bond acceptors (Lipinski definition) is 5. The SMILES string of the molecule is COc1ccc(C2CN(C(=O)CCO)CCC2NC(=O)Nc2ccc(Cl)cc2)nc1. The fourth-order valence-corrected chi connectivity index (χ4v) is 3.63. The number of anilines is 1. The quantitative estimate of drug-likeness (QED) is 0.651. The molecule has 1 aromatic carbocycles. The van der Waals surface area contributed by atoms with Gasteiger partial charge < -0.3 is 25.4 Å². The highest BCUT2D eigenvalue weighted by Crippen LogP contribution is 2.28. The molecule has 0 bridgehead atoms. The van der Waals surface area contributed by atoms with Crippen molar-refractivity contribution in [2.75, 3.05) is 32.1 Å². The predicted molar refractivity (Wildman–Crippen MR) is 114 cm³/mol. The van der Waals surface area contributed by atoms with Gasteiger partial charge in [-0.25, -0.2) is 4.79 Å². The number of rotatable bonds is 6. The molecule has 3 N–H and O–H groups in total. The van der Waals surface area contributed by atoms with Crippen molar-refractivity contribution in [2.45, 2.75) is 24.8 Å². The Kier molecular flexibility index (Phi) is 7.48. The van der Waals surface area contributed by atoms with Crippen LogP contribution in [0.1, 0.15) is 24.5 Å². The number of benzene rings is 1. The Morgan fingerprint density at radius 2 is 2.03 bits per heavy atom. The van der Waals surface area contributed by atoms with Crippen LogP contribution in [0.4, 0.5) is 10.5 Å². The second kappa shape index (κ2) is 10.3. The molecule has 160 valence electrons. The second-order valence-corrected chi connectivity index (χ2v) is 7.48. The summed E-state index contributed by atoms with van der Waals surface area (Å²) in [6.45, 7) is 0.716. The monoisotopic (exact) mass is 432 g/mol. The molecule has 1 aromatic heterocycles. The molecule has 2 unspecified atom stereocenters. The van der Waals surface area contributed by atoms with Crippen LogP contribution in [0.3, 0.4) is 0 Å². The van der Waals surface area contributed by atoms with E-state index in [1.807, 2.05) is 12.1 Å². The highest BCUT2D eigenvalue weighted by atomic mass is 35.5.